The van der Waals surface area contributed by atoms with Crippen LogP contribution >= 0.6 is 0 Å². The van der Waals surface area contributed by atoms with E-state index in [4.69, 9.17) is 0 Å². The smallest absolute Gasteiger partial charge is 0.137 e. The SMILES string of the molecule is CN(CC1CCCCC1)CC1CCCCCC1=O. The molecule has 0 heterocycles. The van der Waals surface area contributed by atoms with Gasteiger partial charge in [0.05, 0.1) is 0 Å². The summed E-state index contributed by atoms with van der Waals surface area (Å²) in [5.74, 6) is 1.76. The van der Waals surface area contributed by atoms with Crippen molar-refractivity contribution in [3.8, 4) is 0 Å². The van der Waals surface area contributed by atoms with Crippen LogP contribution < -0.4 is 0 Å². The zero-order valence-corrected chi connectivity index (χ0v) is 12.0. The Kier molecular flexibility index (Phi) is 5.68. The summed E-state index contributed by atoms with van der Waals surface area (Å²) in [6, 6.07) is 0. The van der Waals surface area contributed by atoms with Gasteiger partial charge in [-0.05, 0) is 38.6 Å². The van der Waals surface area contributed by atoms with Crippen molar-refractivity contribution in [2.45, 2.75) is 64.2 Å². The minimum absolute atomic E-state index is 0.334. The van der Waals surface area contributed by atoms with E-state index in [9.17, 15) is 4.79 Å². The fourth-order valence-electron chi connectivity index (χ4n) is 3.69. The molecule has 0 aromatic rings. The number of hydrogen-bond acceptors (Lipinski definition) is 2. The summed E-state index contributed by atoms with van der Waals surface area (Å²) >= 11 is 0. The molecule has 2 aliphatic carbocycles. The predicted octanol–water partition coefficient (Wildman–Crippen LogP) is 3.65. The second-order valence-corrected chi connectivity index (χ2v) is 6.49. The number of nitrogens with zero attached hydrogens (tertiary/aromatic N) is 1. The zero-order chi connectivity index (χ0) is 12.8. The lowest BCUT2D eigenvalue weighted by Crippen LogP contribution is -2.34. The summed E-state index contributed by atoms with van der Waals surface area (Å²) in [6.45, 7) is 2.22. The lowest BCUT2D eigenvalue weighted by Gasteiger charge is -2.29. The first-order valence-corrected chi connectivity index (χ1v) is 7.97. The lowest BCUT2D eigenvalue weighted by molar-refractivity contribution is -0.123. The van der Waals surface area contributed by atoms with Crippen LogP contribution in [-0.4, -0.2) is 30.8 Å². The quantitative estimate of drug-likeness (QED) is 0.711. The van der Waals surface area contributed by atoms with Crippen LogP contribution in [0.3, 0.4) is 0 Å². The molecule has 0 N–H and O–H groups in total. The van der Waals surface area contributed by atoms with Gasteiger partial charge in [0.1, 0.15) is 5.78 Å². The van der Waals surface area contributed by atoms with Crippen molar-refractivity contribution in [2.75, 3.05) is 20.1 Å². The van der Waals surface area contributed by atoms with Crippen molar-refractivity contribution in [3.63, 3.8) is 0 Å². The van der Waals surface area contributed by atoms with E-state index in [2.05, 4.69) is 11.9 Å². The topological polar surface area (TPSA) is 20.3 Å². The number of hydrogen-bond donors (Lipinski definition) is 0. The second kappa shape index (κ2) is 7.28. The maximum absolute atomic E-state index is 12.0. The van der Waals surface area contributed by atoms with Crippen molar-refractivity contribution in [1.82, 2.24) is 4.90 Å². The first kappa shape index (κ1) is 14.0. The maximum atomic E-state index is 12.0. The van der Waals surface area contributed by atoms with Gasteiger partial charge in [0.15, 0.2) is 0 Å². The highest BCUT2D eigenvalue weighted by Gasteiger charge is 2.23. The van der Waals surface area contributed by atoms with E-state index in [-0.39, 0.29) is 0 Å². The van der Waals surface area contributed by atoms with Crippen LogP contribution in [0.5, 0.6) is 0 Å². The normalized spacial score (nSPS) is 27.4. The Balaban J connectivity index is 1.74. The molecule has 2 aliphatic rings. The highest BCUT2D eigenvalue weighted by molar-refractivity contribution is 5.81. The molecule has 2 nitrogen and oxygen atoms in total. The molecule has 2 rings (SSSR count). The second-order valence-electron chi connectivity index (χ2n) is 6.49. The van der Waals surface area contributed by atoms with Crippen LogP contribution in [0, 0.1) is 11.8 Å². The van der Waals surface area contributed by atoms with Gasteiger partial charge in [-0.1, -0.05) is 32.1 Å². The molecule has 0 saturated heterocycles. The van der Waals surface area contributed by atoms with Crippen molar-refractivity contribution < 1.29 is 4.79 Å². The van der Waals surface area contributed by atoms with Gasteiger partial charge in [0.25, 0.3) is 0 Å². The van der Waals surface area contributed by atoms with E-state index < -0.39 is 0 Å². The molecule has 0 aromatic carbocycles. The molecule has 1 unspecified atom stereocenters. The summed E-state index contributed by atoms with van der Waals surface area (Å²) in [5.41, 5.74) is 0. The number of ketones is 1. The minimum Gasteiger partial charge on any atom is -0.305 e. The first-order valence-electron chi connectivity index (χ1n) is 7.97. The van der Waals surface area contributed by atoms with Gasteiger partial charge in [0, 0.05) is 25.4 Å². The Hall–Kier alpha value is -0.370. The molecule has 104 valence electrons. The van der Waals surface area contributed by atoms with Gasteiger partial charge in [0.2, 0.25) is 0 Å². The zero-order valence-electron chi connectivity index (χ0n) is 12.0. The van der Waals surface area contributed by atoms with Crippen LogP contribution in [0.4, 0.5) is 0 Å². The summed E-state index contributed by atoms with van der Waals surface area (Å²) in [5, 5.41) is 0. The first-order chi connectivity index (χ1) is 8.75. The fourth-order valence-corrected chi connectivity index (χ4v) is 3.69. The van der Waals surface area contributed by atoms with Crippen molar-refractivity contribution in [1.29, 1.82) is 0 Å². The number of rotatable bonds is 4. The van der Waals surface area contributed by atoms with E-state index >= 15 is 0 Å². The molecule has 18 heavy (non-hydrogen) atoms. The average molecular weight is 251 g/mol. The third-order valence-corrected chi connectivity index (χ3v) is 4.76. The summed E-state index contributed by atoms with van der Waals surface area (Å²) in [4.78, 5) is 14.4. The average Bonchev–Trinajstić information content (AvgIpc) is 2.56. The number of carbonyl (C=O) groups excluding carboxylic acids is 1. The Morgan fingerprint density at radius 2 is 1.61 bits per heavy atom. The van der Waals surface area contributed by atoms with Gasteiger partial charge in [-0.2, -0.15) is 0 Å². The summed E-state index contributed by atoms with van der Waals surface area (Å²) in [6.07, 6.45) is 12.7. The lowest BCUT2D eigenvalue weighted by atomic mass is 9.88. The number of Topliss-reactive ketones (excluding diaryl/α,β-unsaturated/α-hetero) is 1. The van der Waals surface area contributed by atoms with Crippen molar-refractivity contribution in [2.24, 2.45) is 11.8 Å². The van der Waals surface area contributed by atoms with Crippen LogP contribution in [0.2, 0.25) is 0 Å². The molecule has 0 spiro atoms. The Labute approximate surface area is 112 Å². The van der Waals surface area contributed by atoms with Crippen molar-refractivity contribution >= 4 is 5.78 Å². The van der Waals surface area contributed by atoms with Crippen LogP contribution in [0.25, 0.3) is 0 Å². The molecular weight excluding hydrogens is 222 g/mol. The van der Waals surface area contributed by atoms with E-state index in [1.807, 2.05) is 0 Å². The monoisotopic (exact) mass is 251 g/mol. The van der Waals surface area contributed by atoms with Gasteiger partial charge in [-0.15, -0.1) is 0 Å². The largest absolute Gasteiger partial charge is 0.305 e. The molecule has 2 heteroatoms. The third-order valence-electron chi connectivity index (χ3n) is 4.76. The predicted molar refractivity (Wildman–Crippen MR) is 75.7 cm³/mol. The van der Waals surface area contributed by atoms with Crippen LogP contribution in [0.1, 0.15) is 64.2 Å². The molecule has 0 aliphatic heterocycles. The highest BCUT2D eigenvalue weighted by Crippen LogP contribution is 2.25. The van der Waals surface area contributed by atoms with Gasteiger partial charge < -0.3 is 4.90 Å². The molecule has 2 saturated carbocycles. The molecule has 1 atom stereocenters. The Morgan fingerprint density at radius 3 is 2.39 bits per heavy atom. The third kappa shape index (κ3) is 4.38. The minimum atomic E-state index is 0.334. The van der Waals surface area contributed by atoms with E-state index in [0.29, 0.717) is 11.7 Å². The summed E-state index contributed by atoms with van der Waals surface area (Å²) in [7, 11) is 2.22. The van der Waals surface area contributed by atoms with Gasteiger partial charge >= 0.3 is 0 Å². The van der Waals surface area contributed by atoms with Crippen LogP contribution in [0.15, 0.2) is 0 Å². The van der Waals surface area contributed by atoms with E-state index in [1.165, 1.54) is 51.5 Å². The van der Waals surface area contributed by atoms with Crippen molar-refractivity contribution in [3.05, 3.63) is 0 Å². The molecule has 2 fully saturated rings. The molecule has 0 amide bonds. The highest BCUT2D eigenvalue weighted by atomic mass is 16.1. The standard InChI is InChI=1S/C16H29NO/c1-17(12-14-8-4-2-5-9-14)13-15-10-6-3-7-11-16(15)18/h14-15H,2-13H2,1H3. The molecular formula is C16H29NO. The van der Waals surface area contributed by atoms with Crippen LogP contribution in [-0.2, 0) is 4.79 Å². The maximum Gasteiger partial charge on any atom is 0.137 e. The molecule has 0 aromatic heterocycles. The van der Waals surface area contributed by atoms with Gasteiger partial charge in [-0.25, -0.2) is 0 Å². The molecule has 0 bridgehead atoms. The molecule has 0 radical (unpaired) electrons. The van der Waals surface area contributed by atoms with E-state index in [1.54, 1.807) is 0 Å². The van der Waals surface area contributed by atoms with E-state index in [0.717, 1.165) is 31.7 Å². The summed E-state index contributed by atoms with van der Waals surface area (Å²) < 4.78 is 0. The fraction of sp³-hybridized carbons (Fsp3) is 0.938. The Bertz CT molecular complexity index is 258. The Morgan fingerprint density at radius 1 is 0.944 bits per heavy atom. The number of carbonyl (C=O) groups is 1. The van der Waals surface area contributed by atoms with Gasteiger partial charge in [-0.3, -0.25) is 4.79 Å².